The predicted molar refractivity (Wildman–Crippen MR) is 57.4 cm³/mol. The quantitative estimate of drug-likeness (QED) is 0.527. The van der Waals surface area contributed by atoms with Gasteiger partial charge >= 0.3 is 18.9 Å². The Morgan fingerprint density at radius 3 is 2.47 bits per heavy atom. The Balaban J connectivity index is 0.00000144. The first-order valence-corrected chi connectivity index (χ1v) is 5.67. The monoisotopic (exact) mass is 264 g/mol. The van der Waals surface area contributed by atoms with E-state index >= 15 is 0 Å². The van der Waals surface area contributed by atoms with Gasteiger partial charge in [-0.25, -0.2) is 4.68 Å². The molecule has 0 spiro atoms. The Hall–Kier alpha value is -0.773. The van der Waals surface area contributed by atoms with Crippen LogP contribution in [0.15, 0.2) is 35.5 Å². The molecule has 0 bridgehead atoms. The summed E-state index contributed by atoms with van der Waals surface area (Å²) in [6, 6.07) is 5.94. The fraction of sp³-hybridized carbons (Fsp3) is 0. The standard InChI is InChI=1S/C9H7ClN2O3S.Li/c10-8-5-11-12(9(8)16(14)15)6-1-3-7(13)4-2-6;/h1-5,13H,(H,14,15);/q;+1/p-1. The third kappa shape index (κ3) is 2.92. The summed E-state index contributed by atoms with van der Waals surface area (Å²) in [6.45, 7) is 0. The average molecular weight is 265 g/mol. The second-order valence-electron chi connectivity index (χ2n) is 2.96. The number of benzene rings is 1. The van der Waals surface area contributed by atoms with E-state index in [-0.39, 0.29) is 34.7 Å². The van der Waals surface area contributed by atoms with Crippen molar-refractivity contribution in [3.63, 3.8) is 0 Å². The molecule has 1 aromatic carbocycles. The van der Waals surface area contributed by atoms with Gasteiger partial charge in [0.1, 0.15) is 10.8 Å². The van der Waals surface area contributed by atoms with Crippen molar-refractivity contribution in [2.24, 2.45) is 0 Å². The van der Waals surface area contributed by atoms with Gasteiger partial charge in [0.25, 0.3) is 0 Å². The van der Waals surface area contributed by atoms with Crippen LogP contribution in [0.1, 0.15) is 0 Å². The number of aromatic hydroxyl groups is 1. The van der Waals surface area contributed by atoms with Crippen molar-refractivity contribution in [2.75, 3.05) is 0 Å². The zero-order valence-corrected chi connectivity index (χ0v) is 10.4. The molecule has 2 rings (SSSR count). The maximum Gasteiger partial charge on any atom is 1.00 e. The summed E-state index contributed by atoms with van der Waals surface area (Å²) in [5, 5.41) is 12.9. The summed E-state index contributed by atoms with van der Waals surface area (Å²) >= 11 is 3.22. The summed E-state index contributed by atoms with van der Waals surface area (Å²) in [7, 11) is 0. The topological polar surface area (TPSA) is 78.2 Å². The van der Waals surface area contributed by atoms with E-state index in [2.05, 4.69) is 5.10 Å². The van der Waals surface area contributed by atoms with Crippen molar-refractivity contribution in [3.8, 4) is 11.4 Å². The molecular weight excluding hydrogens is 259 g/mol. The van der Waals surface area contributed by atoms with E-state index in [9.17, 15) is 8.76 Å². The normalized spacial score (nSPS) is 11.9. The molecule has 0 saturated heterocycles. The van der Waals surface area contributed by atoms with Crippen molar-refractivity contribution < 1.29 is 32.7 Å². The fourth-order valence-electron chi connectivity index (χ4n) is 1.25. The first-order valence-electron chi connectivity index (χ1n) is 4.22. The van der Waals surface area contributed by atoms with Gasteiger partial charge in [-0.05, 0) is 35.3 Å². The van der Waals surface area contributed by atoms with Crippen LogP contribution >= 0.6 is 11.6 Å². The SMILES string of the molecule is O=S([O-])c1c(Cl)cnn1-c1ccc(O)cc1.[Li+]. The van der Waals surface area contributed by atoms with Crippen LogP contribution < -0.4 is 18.9 Å². The van der Waals surface area contributed by atoms with Crippen LogP contribution in [-0.2, 0) is 11.1 Å². The molecule has 1 aromatic heterocycles. The van der Waals surface area contributed by atoms with Gasteiger partial charge in [0.2, 0.25) is 0 Å². The summed E-state index contributed by atoms with van der Waals surface area (Å²) in [4.78, 5) is 0. The molecule has 1 atom stereocenters. The van der Waals surface area contributed by atoms with E-state index in [1.165, 1.54) is 35.1 Å². The Labute approximate surface area is 117 Å². The third-order valence-electron chi connectivity index (χ3n) is 1.94. The molecule has 8 heteroatoms. The van der Waals surface area contributed by atoms with Crippen LogP contribution in [0.3, 0.4) is 0 Å². The van der Waals surface area contributed by atoms with Crippen molar-refractivity contribution in [1.29, 1.82) is 0 Å². The summed E-state index contributed by atoms with van der Waals surface area (Å²) < 4.78 is 23.1. The first-order chi connectivity index (χ1) is 7.59. The van der Waals surface area contributed by atoms with Gasteiger partial charge in [-0.3, -0.25) is 4.21 Å². The van der Waals surface area contributed by atoms with Crippen LogP contribution in [0, 0.1) is 0 Å². The predicted octanol–water partition coefficient (Wildman–Crippen LogP) is -1.53. The van der Waals surface area contributed by atoms with E-state index in [1.54, 1.807) is 0 Å². The molecule has 0 aliphatic heterocycles. The summed E-state index contributed by atoms with van der Waals surface area (Å²) in [5.41, 5.74) is 0.504. The molecule has 84 valence electrons. The minimum absolute atomic E-state index is 0. The average Bonchev–Trinajstić information content (AvgIpc) is 2.61. The molecule has 0 aliphatic carbocycles. The number of phenols is 1. The van der Waals surface area contributed by atoms with Gasteiger partial charge in [0, 0.05) is 0 Å². The zero-order chi connectivity index (χ0) is 11.7. The van der Waals surface area contributed by atoms with E-state index in [0.717, 1.165) is 0 Å². The fourth-order valence-corrected chi connectivity index (χ4v) is 2.06. The number of aromatic nitrogens is 2. The van der Waals surface area contributed by atoms with Crippen molar-refractivity contribution in [1.82, 2.24) is 9.78 Å². The number of phenolic OH excluding ortho intramolecular Hbond substituents is 1. The summed E-state index contributed by atoms with van der Waals surface area (Å²) in [5.74, 6) is 0.0896. The van der Waals surface area contributed by atoms with Gasteiger partial charge in [-0.1, -0.05) is 11.6 Å². The smallest absolute Gasteiger partial charge is 0.767 e. The number of halogens is 1. The van der Waals surface area contributed by atoms with Crippen molar-refractivity contribution in [3.05, 3.63) is 35.5 Å². The van der Waals surface area contributed by atoms with Gasteiger partial charge < -0.3 is 9.66 Å². The van der Waals surface area contributed by atoms with Crippen LogP contribution in [0.25, 0.3) is 5.69 Å². The van der Waals surface area contributed by atoms with Crippen molar-refractivity contribution in [2.45, 2.75) is 5.03 Å². The van der Waals surface area contributed by atoms with Gasteiger partial charge in [0.15, 0.2) is 0 Å². The first kappa shape index (κ1) is 14.3. The van der Waals surface area contributed by atoms with Gasteiger partial charge in [-0.2, -0.15) is 5.10 Å². The second kappa shape index (κ2) is 5.71. The maximum atomic E-state index is 10.9. The van der Waals surface area contributed by atoms with Gasteiger partial charge in [0.05, 0.1) is 16.9 Å². The maximum absolute atomic E-state index is 10.9. The van der Waals surface area contributed by atoms with Crippen LogP contribution in [0.5, 0.6) is 5.75 Å². The summed E-state index contributed by atoms with van der Waals surface area (Å²) in [6.07, 6.45) is 1.25. The Bertz CT molecular complexity index is 544. The Morgan fingerprint density at radius 1 is 1.35 bits per heavy atom. The molecule has 0 fully saturated rings. The Kier molecular flexibility index (Phi) is 4.80. The number of hydrogen-bond acceptors (Lipinski definition) is 4. The second-order valence-corrected chi connectivity index (χ2v) is 4.22. The molecule has 1 unspecified atom stereocenters. The Morgan fingerprint density at radius 2 is 1.94 bits per heavy atom. The molecule has 1 N–H and O–H groups in total. The van der Waals surface area contributed by atoms with E-state index in [1.807, 2.05) is 0 Å². The van der Waals surface area contributed by atoms with Crippen LogP contribution in [-0.4, -0.2) is 23.6 Å². The molecule has 0 amide bonds. The zero-order valence-electron chi connectivity index (χ0n) is 8.83. The molecule has 0 aliphatic rings. The molecule has 2 aromatic rings. The van der Waals surface area contributed by atoms with Gasteiger partial charge in [-0.15, -0.1) is 0 Å². The van der Waals surface area contributed by atoms with Crippen molar-refractivity contribution >= 4 is 22.7 Å². The number of nitrogens with zero attached hydrogens (tertiary/aromatic N) is 2. The molecule has 1 heterocycles. The molecule has 5 nitrogen and oxygen atoms in total. The largest absolute Gasteiger partial charge is 1.00 e. The third-order valence-corrected chi connectivity index (χ3v) is 3.03. The molecule has 0 radical (unpaired) electrons. The minimum atomic E-state index is -2.47. The molecule has 17 heavy (non-hydrogen) atoms. The van der Waals surface area contributed by atoms with E-state index in [0.29, 0.717) is 5.69 Å². The van der Waals surface area contributed by atoms with E-state index < -0.39 is 11.1 Å². The minimum Gasteiger partial charge on any atom is -0.767 e. The molecule has 0 saturated carbocycles. The van der Waals surface area contributed by atoms with Crippen LogP contribution in [0.2, 0.25) is 5.02 Å². The van der Waals surface area contributed by atoms with E-state index in [4.69, 9.17) is 16.7 Å². The molecular formula is C9H6ClLiN2O3S. The number of hydrogen-bond donors (Lipinski definition) is 1. The number of rotatable bonds is 2. The van der Waals surface area contributed by atoms with Crippen LogP contribution in [0.4, 0.5) is 0 Å².